The standard InChI is InChI=1S/C17H24ClN5O.HI/c1-11(16-12(2)23-24-13(16)3)9-22-17(19-4)20-8-7-14-5-6-15(18)21-10-14;/h5-6,10-11H,7-9H2,1-4H3,(H2,19,20,22);1H. The summed E-state index contributed by atoms with van der Waals surface area (Å²) in [7, 11) is 1.76. The Labute approximate surface area is 170 Å². The third kappa shape index (κ3) is 6.47. The van der Waals surface area contributed by atoms with Gasteiger partial charge in [0, 0.05) is 37.8 Å². The molecule has 0 aliphatic heterocycles. The summed E-state index contributed by atoms with van der Waals surface area (Å²) in [6.45, 7) is 7.58. The molecule has 8 heteroatoms. The van der Waals surface area contributed by atoms with Crippen LogP contribution in [0.4, 0.5) is 0 Å². The van der Waals surface area contributed by atoms with Crippen LogP contribution in [-0.4, -0.2) is 36.2 Å². The first-order valence-corrected chi connectivity index (χ1v) is 8.36. The molecule has 0 radical (unpaired) electrons. The van der Waals surface area contributed by atoms with Crippen molar-refractivity contribution in [2.45, 2.75) is 33.1 Å². The lowest BCUT2D eigenvalue weighted by Crippen LogP contribution is -2.40. The molecule has 2 aromatic rings. The van der Waals surface area contributed by atoms with E-state index in [0.29, 0.717) is 5.15 Å². The average Bonchev–Trinajstić information content (AvgIpc) is 2.91. The summed E-state index contributed by atoms with van der Waals surface area (Å²) in [5.74, 6) is 1.94. The molecule has 2 aromatic heterocycles. The molecule has 0 bridgehead atoms. The summed E-state index contributed by atoms with van der Waals surface area (Å²) in [6.07, 6.45) is 2.64. The maximum Gasteiger partial charge on any atom is 0.191 e. The van der Waals surface area contributed by atoms with E-state index in [9.17, 15) is 0 Å². The zero-order valence-electron chi connectivity index (χ0n) is 15.0. The third-order valence-corrected chi connectivity index (χ3v) is 4.10. The molecule has 25 heavy (non-hydrogen) atoms. The first-order valence-electron chi connectivity index (χ1n) is 7.99. The number of aliphatic imine (C=N–C) groups is 1. The van der Waals surface area contributed by atoms with Gasteiger partial charge in [0.1, 0.15) is 10.9 Å². The van der Waals surface area contributed by atoms with Crippen molar-refractivity contribution in [1.82, 2.24) is 20.8 Å². The van der Waals surface area contributed by atoms with E-state index in [4.69, 9.17) is 16.1 Å². The lowest BCUT2D eigenvalue weighted by atomic mass is 10.00. The van der Waals surface area contributed by atoms with Crippen LogP contribution in [-0.2, 0) is 6.42 Å². The lowest BCUT2D eigenvalue weighted by molar-refractivity contribution is 0.391. The molecule has 0 spiro atoms. The summed E-state index contributed by atoms with van der Waals surface area (Å²) in [5.41, 5.74) is 3.23. The van der Waals surface area contributed by atoms with Gasteiger partial charge in [-0.05, 0) is 31.9 Å². The topological polar surface area (TPSA) is 75.3 Å². The van der Waals surface area contributed by atoms with Crippen molar-refractivity contribution in [1.29, 1.82) is 0 Å². The SMILES string of the molecule is CN=C(NCCc1ccc(Cl)nc1)NCC(C)c1c(C)noc1C.I. The maximum atomic E-state index is 5.79. The van der Waals surface area contributed by atoms with Crippen LogP contribution in [0.25, 0.3) is 0 Å². The second kappa shape index (κ2) is 10.6. The Morgan fingerprint density at radius 3 is 2.64 bits per heavy atom. The molecule has 0 aromatic carbocycles. The summed E-state index contributed by atoms with van der Waals surface area (Å²) in [5, 5.41) is 11.2. The fraction of sp³-hybridized carbons (Fsp3) is 0.471. The Bertz CT molecular complexity index is 667. The fourth-order valence-electron chi connectivity index (χ4n) is 2.65. The van der Waals surface area contributed by atoms with Gasteiger partial charge in [-0.1, -0.05) is 29.7 Å². The zero-order valence-corrected chi connectivity index (χ0v) is 18.1. The monoisotopic (exact) mass is 477 g/mol. The van der Waals surface area contributed by atoms with Crippen LogP contribution in [0.2, 0.25) is 5.15 Å². The molecule has 2 rings (SSSR count). The Morgan fingerprint density at radius 1 is 1.32 bits per heavy atom. The predicted octanol–water partition coefficient (Wildman–Crippen LogP) is 3.47. The van der Waals surface area contributed by atoms with Crippen molar-refractivity contribution >= 4 is 41.5 Å². The van der Waals surface area contributed by atoms with E-state index >= 15 is 0 Å². The fourth-order valence-corrected chi connectivity index (χ4v) is 2.76. The molecule has 1 atom stereocenters. The van der Waals surface area contributed by atoms with Crippen molar-refractivity contribution in [2.75, 3.05) is 20.1 Å². The van der Waals surface area contributed by atoms with E-state index in [2.05, 4.69) is 32.7 Å². The van der Waals surface area contributed by atoms with Crippen molar-refractivity contribution in [3.63, 3.8) is 0 Å². The summed E-state index contributed by atoms with van der Waals surface area (Å²) < 4.78 is 5.23. The number of nitrogens with zero attached hydrogens (tertiary/aromatic N) is 3. The number of nitrogens with one attached hydrogen (secondary N) is 2. The minimum absolute atomic E-state index is 0. The molecular formula is C17H25ClIN5O. The maximum absolute atomic E-state index is 5.79. The quantitative estimate of drug-likeness (QED) is 0.288. The van der Waals surface area contributed by atoms with Crippen LogP contribution in [0.5, 0.6) is 0 Å². The molecule has 2 heterocycles. The first kappa shape index (κ1) is 21.7. The number of pyridine rings is 1. The van der Waals surface area contributed by atoms with Crippen LogP contribution in [0.15, 0.2) is 27.8 Å². The van der Waals surface area contributed by atoms with E-state index in [-0.39, 0.29) is 29.9 Å². The van der Waals surface area contributed by atoms with Crippen LogP contribution < -0.4 is 10.6 Å². The predicted molar refractivity (Wildman–Crippen MR) is 112 cm³/mol. The molecule has 0 aliphatic carbocycles. The van der Waals surface area contributed by atoms with E-state index in [1.165, 1.54) is 0 Å². The minimum Gasteiger partial charge on any atom is -0.361 e. The van der Waals surface area contributed by atoms with Gasteiger partial charge in [0.2, 0.25) is 0 Å². The van der Waals surface area contributed by atoms with Gasteiger partial charge in [0.05, 0.1) is 5.69 Å². The Morgan fingerprint density at radius 2 is 2.08 bits per heavy atom. The van der Waals surface area contributed by atoms with Crippen LogP contribution in [0, 0.1) is 13.8 Å². The lowest BCUT2D eigenvalue weighted by Gasteiger charge is -2.16. The highest BCUT2D eigenvalue weighted by Gasteiger charge is 2.16. The third-order valence-electron chi connectivity index (χ3n) is 3.88. The van der Waals surface area contributed by atoms with Gasteiger partial charge in [0.15, 0.2) is 5.96 Å². The van der Waals surface area contributed by atoms with Crippen LogP contribution in [0.3, 0.4) is 0 Å². The first-order chi connectivity index (χ1) is 11.5. The van der Waals surface area contributed by atoms with E-state index in [1.54, 1.807) is 19.3 Å². The number of rotatable bonds is 6. The van der Waals surface area contributed by atoms with E-state index in [1.807, 2.05) is 19.9 Å². The summed E-state index contributed by atoms with van der Waals surface area (Å²) in [6, 6.07) is 3.78. The zero-order chi connectivity index (χ0) is 17.5. The Balaban J connectivity index is 0.00000312. The summed E-state index contributed by atoms with van der Waals surface area (Å²) in [4.78, 5) is 8.33. The number of halogens is 2. The highest BCUT2D eigenvalue weighted by molar-refractivity contribution is 14.0. The molecule has 2 N–H and O–H groups in total. The molecule has 0 saturated heterocycles. The van der Waals surface area contributed by atoms with Gasteiger partial charge < -0.3 is 15.2 Å². The molecule has 0 amide bonds. The molecule has 1 unspecified atom stereocenters. The van der Waals surface area contributed by atoms with Gasteiger partial charge in [-0.2, -0.15) is 0 Å². The Kier molecular flexibility index (Phi) is 9.20. The van der Waals surface area contributed by atoms with E-state index < -0.39 is 0 Å². The molecule has 0 fully saturated rings. The van der Waals surface area contributed by atoms with Crippen molar-refractivity contribution in [3.8, 4) is 0 Å². The van der Waals surface area contributed by atoms with Crippen molar-refractivity contribution in [3.05, 3.63) is 46.1 Å². The smallest absolute Gasteiger partial charge is 0.191 e. The highest BCUT2D eigenvalue weighted by Crippen LogP contribution is 2.22. The normalized spacial score (nSPS) is 12.4. The number of aryl methyl sites for hydroxylation is 2. The van der Waals surface area contributed by atoms with Crippen LogP contribution >= 0.6 is 35.6 Å². The Hall–Kier alpha value is -1.35. The minimum atomic E-state index is 0. The molecule has 6 nitrogen and oxygen atoms in total. The van der Waals surface area contributed by atoms with Gasteiger partial charge >= 0.3 is 0 Å². The van der Waals surface area contributed by atoms with Gasteiger partial charge in [0.25, 0.3) is 0 Å². The summed E-state index contributed by atoms with van der Waals surface area (Å²) >= 11 is 5.79. The van der Waals surface area contributed by atoms with Crippen LogP contribution in [0.1, 0.15) is 35.4 Å². The van der Waals surface area contributed by atoms with Crippen molar-refractivity contribution in [2.24, 2.45) is 4.99 Å². The van der Waals surface area contributed by atoms with E-state index in [0.717, 1.165) is 48.1 Å². The highest BCUT2D eigenvalue weighted by atomic mass is 127. The second-order valence-electron chi connectivity index (χ2n) is 5.76. The molecule has 0 aliphatic rings. The number of hydrogen-bond donors (Lipinski definition) is 2. The number of guanidine groups is 1. The molecular weight excluding hydrogens is 453 g/mol. The largest absolute Gasteiger partial charge is 0.361 e. The second-order valence-corrected chi connectivity index (χ2v) is 6.15. The number of aromatic nitrogens is 2. The van der Waals surface area contributed by atoms with Gasteiger partial charge in [-0.3, -0.25) is 4.99 Å². The van der Waals surface area contributed by atoms with Gasteiger partial charge in [-0.25, -0.2) is 4.98 Å². The van der Waals surface area contributed by atoms with Crippen molar-refractivity contribution < 1.29 is 4.52 Å². The van der Waals surface area contributed by atoms with Gasteiger partial charge in [-0.15, -0.1) is 24.0 Å². The average molecular weight is 478 g/mol. The number of hydrogen-bond acceptors (Lipinski definition) is 4. The molecule has 138 valence electrons. The molecule has 0 saturated carbocycles.